The van der Waals surface area contributed by atoms with Crippen LogP contribution in [0.5, 0.6) is 5.75 Å². The van der Waals surface area contributed by atoms with Gasteiger partial charge in [-0.2, -0.15) is 0 Å². The van der Waals surface area contributed by atoms with E-state index in [1.54, 1.807) is 19.1 Å². The first kappa shape index (κ1) is 52.7. The Morgan fingerprint density at radius 2 is 1.46 bits per heavy atom. The largest absolute Gasteiger partial charge is 0.508 e. The molecule has 1 saturated carbocycles. The van der Waals surface area contributed by atoms with Gasteiger partial charge in [0.05, 0.1) is 25.2 Å². The zero-order chi connectivity index (χ0) is 49.4. The van der Waals surface area contributed by atoms with Crippen molar-refractivity contribution in [2.24, 2.45) is 11.8 Å². The van der Waals surface area contributed by atoms with Crippen LogP contribution in [0.3, 0.4) is 0 Å². The summed E-state index contributed by atoms with van der Waals surface area (Å²) in [6.45, 7) is 6.47. The number of carbonyl (C=O) groups is 9. The van der Waals surface area contributed by atoms with Crippen molar-refractivity contribution in [3.05, 3.63) is 59.7 Å². The highest BCUT2D eigenvalue weighted by molar-refractivity contribution is 7.99. The fourth-order valence-electron chi connectivity index (χ4n) is 8.31. The summed E-state index contributed by atoms with van der Waals surface area (Å²) in [4.78, 5) is 122. The summed E-state index contributed by atoms with van der Waals surface area (Å²) in [5.74, 6) is -3.86. The molecule has 8 amide bonds. The number of nitrogens with zero attached hydrogens (tertiary/aromatic N) is 2. The third-order valence-electron chi connectivity index (χ3n) is 11.8. The summed E-state index contributed by atoms with van der Waals surface area (Å²) in [5, 5.41) is 26.7. The number of fused-ring (bicyclic) bond motifs is 1. The molecule has 0 spiro atoms. The standard InChI is InChI=1S/C47H64N8O12S/c1-29-33(16-10-17-36(29)56)44(63)52-34(28-68-32-14-6-5-7-15-32)37(27-54-26-31-13-9-8-12-30(31)22-35(54)45(64)53-47(2,3)4)66-46(65)51-25-40(59)50-24-39(58)49-23-38(57)48-21-11-18-43(62)67-55-41(60)19-20-42(55)61/h5-7,10,14-17,30-31,34-35,37,56H,8-9,11-13,18-28H2,1-4H3,(H,48,57)(H,49,58)(H,50,59)(H,51,65)(H,52,63)(H,53,64)/t30-,31+,34-,35-,37+/m0/s1. The van der Waals surface area contributed by atoms with Crippen molar-refractivity contribution < 1.29 is 57.8 Å². The molecule has 20 nitrogen and oxygen atoms in total. The van der Waals surface area contributed by atoms with Crippen LogP contribution in [0.2, 0.25) is 0 Å². The van der Waals surface area contributed by atoms with E-state index in [1.165, 1.54) is 17.8 Å². The number of rotatable bonds is 21. The summed E-state index contributed by atoms with van der Waals surface area (Å²) in [6, 6.07) is 12.7. The van der Waals surface area contributed by atoms with Crippen LogP contribution in [0.4, 0.5) is 4.79 Å². The molecule has 0 unspecified atom stereocenters. The van der Waals surface area contributed by atoms with E-state index >= 15 is 0 Å². The van der Waals surface area contributed by atoms with E-state index < -0.39 is 90.9 Å². The summed E-state index contributed by atoms with van der Waals surface area (Å²) in [5.41, 5.74) is 0.0771. The molecule has 0 bridgehead atoms. The number of ether oxygens (including phenoxy) is 1. The molecule has 0 aromatic heterocycles. The molecule has 2 saturated heterocycles. The first-order chi connectivity index (χ1) is 32.4. The molecular formula is C47H64N8O12S. The smallest absolute Gasteiger partial charge is 0.407 e. The van der Waals surface area contributed by atoms with Crippen LogP contribution in [-0.2, 0) is 43.1 Å². The van der Waals surface area contributed by atoms with Crippen LogP contribution in [0, 0.1) is 18.8 Å². The molecule has 2 heterocycles. The average Bonchev–Trinajstić information content (AvgIpc) is 3.61. The van der Waals surface area contributed by atoms with Gasteiger partial charge in [-0.1, -0.05) is 43.5 Å². The van der Waals surface area contributed by atoms with E-state index in [0.29, 0.717) is 35.4 Å². The lowest BCUT2D eigenvalue weighted by molar-refractivity contribution is -0.197. The van der Waals surface area contributed by atoms with E-state index in [4.69, 9.17) is 9.57 Å². The van der Waals surface area contributed by atoms with Crippen molar-refractivity contribution in [1.82, 2.24) is 41.9 Å². The van der Waals surface area contributed by atoms with Crippen LogP contribution in [0.1, 0.15) is 94.5 Å². The number of hydrogen-bond donors (Lipinski definition) is 7. The van der Waals surface area contributed by atoms with Gasteiger partial charge in [0, 0.05) is 66.2 Å². The summed E-state index contributed by atoms with van der Waals surface area (Å²) < 4.78 is 6.13. The number of phenolic OH excluding ortho intramolecular Hbond substituents is 1. The number of benzene rings is 2. The Labute approximate surface area is 400 Å². The molecule has 5 atom stereocenters. The number of carbonyl (C=O) groups excluding carboxylic acids is 9. The fourth-order valence-corrected chi connectivity index (χ4v) is 9.33. The molecule has 370 valence electrons. The van der Waals surface area contributed by atoms with Crippen LogP contribution in [0.15, 0.2) is 53.4 Å². The van der Waals surface area contributed by atoms with Crippen LogP contribution < -0.4 is 31.9 Å². The summed E-state index contributed by atoms with van der Waals surface area (Å²) in [6.07, 6.45) is 2.65. The van der Waals surface area contributed by atoms with Gasteiger partial charge in [-0.05, 0) is 83.1 Å². The second-order valence-corrected chi connectivity index (χ2v) is 19.3. The van der Waals surface area contributed by atoms with Gasteiger partial charge in [0.2, 0.25) is 23.6 Å². The number of aromatic hydroxyl groups is 1. The van der Waals surface area contributed by atoms with Gasteiger partial charge in [-0.25, -0.2) is 9.59 Å². The van der Waals surface area contributed by atoms with Gasteiger partial charge in [0.1, 0.15) is 18.4 Å². The zero-order valence-electron chi connectivity index (χ0n) is 39.1. The Hall–Kier alpha value is -6.22. The molecular weight excluding hydrogens is 901 g/mol. The van der Waals surface area contributed by atoms with Crippen LogP contribution in [-0.4, -0.2) is 137 Å². The minimum absolute atomic E-state index is 0.0323. The molecule has 2 aromatic rings. The number of hydrogen-bond acceptors (Lipinski definition) is 14. The molecule has 5 rings (SSSR count). The Bertz CT molecular complexity index is 2140. The summed E-state index contributed by atoms with van der Waals surface area (Å²) >= 11 is 1.43. The lowest BCUT2D eigenvalue weighted by Crippen LogP contribution is -2.61. The van der Waals surface area contributed by atoms with Gasteiger partial charge in [-0.3, -0.25) is 38.5 Å². The van der Waals surface area contributed by atoms with Gasteiger partial charge in [0.15, 0.2) is 0 Å². The minimum Gasteiger partial charge on any atom is -0.508 e. The molecule has 2 aliphatic heterocycles. The second kappa shape index (κ2) is 25.2. The Kier molecular flexibility index (Phi) is 19.6. The van der Waals surface area contributed by atoms with Gasteiger partial charge in [0.25, 0.3) is 17.7 Å². The molecule has 3 fully saturated rings. The van der Waals surface area contributed by atoms with Crippen molar-refractivity contribution in [2.75, 3.05) is 45.0 Å². The van der Waals surface area contributed by atoms with Crippen molar-refractivity contribution in [3.63, 3.8) is 0 Å². The molecule has 0 radical (unpaired) electrons. The molecule has 2 aromatic carbocycles. The highest BCUT2D eigenvalue weighted by atomic mass is 32.2. The maximum absolute atomic E-state index is 14.0. The van der Waals surface area contributed by atoms with Crippen molar-refractivity contribution in [1.29, 1.82) is 0 Å². The first-order valence-electron chi connectivity index (χ1n) is 23.0. The predicted molar refractivity (Wildman–Crippen MR) is 248 cm³/mol. The third kappa shape index (κ3) is 16.5. The number of piperidine rings is 1. The number of phenols is 1. The predicted octanol–water partition coefficient (Wildman–Crippen LogP) is 2.22. The average molecular weight is 965 g/mol. The number of nitrogens with one attached hydrogen (secondary N) is 6. The van der Waals surface area contributed by atoms with Crippen LogP contribution >= 0.6 is 11.8 Å². The number of thioether (sulfide) groups is 1. The number of alkyl carbamates (subject to hydrolysis) is 1. The highest BCUT2D eigenvalue weighted by Crippen LogP contribution is 2.39. The van der Waals surface area contributed by atoms with E-state index in [0.717, 1.165) is 30.6 Å². The van der Waals surface area contributed by atoms with Crippen molar-refractivity contribution >= 4 is 65.2 Å². The van der Waals surface area contributed by atoms with Crippen molar-refractivity contribution in [3.8, 4) is 5.75 Å². The maximum Gasteiger partial charge on any atom is 0.407 e. The van der Waals surface area contributed by atoms with Gasteiger partial charge in [-0.15, -0.1) is 16.8 Å². The summed E-state index contributed by atoms with van der Waals surface area (Å²) in [7, 11) is 0. The fraction of sp³-hybridized carbons (Fsp3) is 0.553. The normalized spacial score (nSPS) is 19.1. The SMILES string of the molecule is Cc1c(O)cccc1C(=O)N[C@@H](CSc1ccccc1)[C@@H](CN1C[C@H]2CCCC[C@H]2C[C@H]1C(=O)NC(C)(C)C)OC(=O)NCC(=O)NCC(=O)NCC(=O)NCCCC(=O)ON1C(=O)CCC1=O. The Morgan fingerprint density at radius 1 is 0.824 bits per heavy atom. The molecule has 1 aliphatic carbocycles. The second-order valence-electron chi connectivity index (χ2n) is 18.3. The third-order valence-corrected chi connectivity index (χ3v) is 13.0. The molecule has 21 heteroatoms. The molecule has 3 aliphatic rings. The Morgan fingerprint density at radius 3 is 2.12 bits per heavy atom. The van der Waals surface area contributed by atoms with E-state index in [-0.39, 0.29) is 61.7 Å². The maximum atomic E-state index is 14.0. The number of likely N-dealkylation sites (tertiary alicyclic amines) is 1. The zero-order valence-corrected chi connectivity index (χ0v) is 39.9. The highest BCUT2D eigenvalue weighted by Gasteiger charge is 2.43. The first-order valence-corrected chi connectivity index (χ1v) is 24.0. The van der Waals surface area contributed by atoms with Crippen molar-refractivity contribution in [2.45, 2.75) is 114 Å². The topological polar surface area (TPSA) is 271 Å². The number of imide groups is 1. The lowest BCUT2D eigenvalue weighted by atomic mass is 9.72. The molecule has 68 heavy (non-hydrogen) atoms. The van der Waals surface area contributed by atoms with Gasteiger partial charge >= 0.3 is 12.1 Å². The Balaban J connectivity index is 1.21. The minimum atomic E-state index is -1.06. The van der Waals surface area contributed by atoms with E-state index in [9.17, 15) is 48.3 Å². The monoisotopic (exact) mass is 964 g/mol. The molecule has 7 N–H and O–H groups in total. The quantitative estimate of drug-likeness (QED) is 0.0538. The lowest BCUT2D eigenvalue weighted by Gasteiger charge is -2.47. The number of hydroxylamine groups is 2. The van der Waals surface area contributed by atoms with Gasteiger partial charge < -0.3 is 46.6 Å². The van der Waals surface area contributed by atoms with E-state index in [1.807, 2.05) is 56.0 Å². The van der Waals surface area contributed by atoms with E-state index in [2.05, 4.69) is 31.9 Å². The van der Waals surface area contributed by atoms with Crippen LogP contribution in [0.25, 0.3) is 0 Å². The number of amides is 8.